The maximum Gasteiger partial charge on any atom is 0.262 e. The Morgan fingerprint density at radius 3 is 2.87 bits per heavy atom. The monoisotopic (exact) mass is 410 g/mol. The lowest BCUT2D eigenvalue weighted by atomic mass is 9.61. The zero-order valence-electron chi connectivity index (χ0n) is 16.9. The molecule has 2 aliphatic heterocycles. The van der Waals surface area contributed by atoms with Crippen molar-refractivity contribution >= 4 is 17.4 Å². The van der Waals surface area contributed by atoms with E-state index in [1.165, 1.54) is 7.11 Å². The number of hydrogen-bond acceptors (Lipinski definition) is 5. The van der Waals surface area contributed by atoms with Crippen LogP contribution in [-0.2, 0) is 16.6 Å². The normalized spacial score (nSPS) is 24.6. The van der Waals surface area contributed by atoms with Crippen molar-refractivity contribution in [2.45, 2.75) is 37.2 Å². The topological polar surface area (TPSA) is 77.8 Å². The average molecular weight is 410 g/mol. The molecule has 3 aromatic heterocycles. The fourth-order valence-corrected chi connectivity index (χ4v) is 4.61. The van der Waals surface area contributed by atoms with E-state index in [2.05, 4.69) is 10.3 Å². The van der Waals surface area contributed by atoms with Crippen LogP contribution in [0.3, 0.4) is 0 Å². The first-order chi connectivity index (χ1) is 14.5. The summed E-state index contributed by atoms with van der Waals surface area (Å²) in [6, 6.07) is 7.27. The zero-order chi connectivity index (χ0) is 20.9. The molecular formula is C22H23FN4O3. The van der Waals surface area contributed by atoms with Crippen molar-refractivity contribution in [3.63, 3.8) is 0 Å². The number of anilines is 1. The van der Waals surface area contributed by atoms with E-state index in [1.54, 1.807) is 18.3 Å². The first kappa shape index (κ1) is 19.0. The first-order valence-corrected chi connectivity index (χ1v) is 10.0. The van der Waals surface area contributed by atoms with Crippen molar-refractivity contribution in [1.29, 1.82) is 0 Å². The standard InChI is InChI=1S/C22H23FN4O3/c1-3-14-5-4-6-18(24-14)26-20(28)15-8-27-9-17(25-19(27)7-16(15)29-2)21-10-22(11-21,12-23)30-13-21/h4-9H,3,10-13H2,1-2H3,(H,24,26,28). The summed E-state index contributed by atoms with van der Waals surface area (Å²) in [5, 5.41) is 2.84. The molecule has 1 amide bonds. The summed E-state index contributed by atoms with van der Waals surface area (Å²) in [5.74, 6) is 0.606. The van der Waals surface area contributed by atoms with Gasteiger partial charge < -0.3 is 19.2 Å². The second kappa shape index (κ2) is 6.77. The Hall–Kier alpha value is -3.00. The summed E-state index contributed by atoms with van der Waals surface area (Å²) in [5.41, 5.74) is 1.95. The Bertz CT molecular complexity index is 1140. The number of pyridine rings is 2. The van der Waals surface area contributed by atoms with Gasteiger partial charge in [-0.25, -0.2) is 14.4 Å². The smallest absolute Gasteiger partial charge is 0.262 e. The van der Waals surface area contributed by atoms with Crippen LogP contribution in [0.5, 0.6) is 5.75 Å². The molecule has 156 valence electrons. The van der Waals surface area contributed by atoms with E-state index in [1.807, 2.05) is 29.7 Å². The van der Waals surface area contributed by atoms with E-state index in [4.69, 9.17) is 14.5 Å². The molecule has 8 heteroatoms. The van der Waals surface area contributed by atoms with Crippen molar-refractivity contribution in [2.75, 3.05) is 25.7 Å². The number of alkyl halides is 1. The second-order valence-corrected chi connectivity index (χ2v) is 8.21. The molecule has 1 aliphatic carbocycles. The molecule has 0 spiro atoms. The summed E-state index contributed by atoms with van der Waals surface area (Å²) in [4.78, 5) is 22.1. The molecule has 30 heavy (non-hydrogen) atoms. The Morgan fingerprint density at radius 2 is 2.17 bits per heavy atom. The molecule has 0 aromatic carbocycles. The average Bonchev–Trinajstić information content (AvgIpc) is 3.44. The third-order valence-electron chi connectivity index (χ3n) is 6.19. The minimum absolute atomic E-state index is 0.238. The van der Waals surface area contributed by atoms with Crippen LogP contribution in [0.15, 0.2) is 36.7 Å². The number of ether oxygens (including phenoxy) is 2. The number of amides is 1. The molecule has 1 N–H and O–H groups in total. The fourth-order valence-electron chi connectivity index (χ4n) is 4.61. The van der Waals surface area contributed by atoms with Gasteiger partial charge in [-0.05, 0) is 31.4 Å². The molecule has 6 rings (SSSR count). The van der Waals surface area contributed by atoms with Crippen LogP contribution in [0.4, 0.5) is 10.2 Å². The van der Waals surface area contributed by atoms with Crippen LogP contribution < -0.4 is 10.1 Å². The maximum atomic E-state index is 13.3. The molecule has 2 bridgehead atoms. The lowest BCUT2D eigenvalue weighted by molar-refractivity contribution is -0.0235. The Balaban J connectivity index is 1.46. The van der Waals surface area contributed by atoms with Gasteiger partial charge in [0, 0.05) is 29.6 Å². The van der Waals surface area contributed by atoms with Gasteiger partial charge >= 0.3 is 0 Å². The molecule has 3 aromatic rings. The maximum absolute atomic E-state index is 13.3. The number of carbonyl (C=O) groups is 1. The highest BCUT2D eigenvalue weighted by Crippen LogP contribution is 2.58. The third-order valence-corrected chi connectivity index (χ3v) is 6.19. The molecule has 0 unspecified atom stereocenters. The first-order valence-electron chi connectivity index (χ1n) is 10.0. The molecule has 0 radical (unpaired) electrons. The Kier molecular flexibility index (Phi) is 4.28. The minimum Gasteiger partial charge on any atom is -0.496 e. The zero-order valence-corrected chi connectivity index (χ0v) is 16.9. The van der Waals surface area contributed by atoms with Crippen molar-refractivity contribution in [3.05, 3.63) is 53.6 Å². The van der Waals surface area contributed by atoms with Gasteiger partial charge in [-0.3, -0.25) is 4.79 Å². The number of carbonyl (C=O) groups excluding carboxylic acids is 1. The minimum atomic E-state index is -0.626. The van der Waals surface area contributed by atoms with Gasteiger partial charge in [0.2, 0.25) is 0 Å². The van der Waals surface area contributed by atoms with Crippen LogP contribution in [-0.4, -0.2) is 46.3 Å². The summed E-state index contributed by atoms with van der Waals surface area (Å²) < 4.78 is 26.2. The Morgan fingerprint density at radius 1 is 1.33 bits per heavy atom. The number of fused-ring (bicyclic) bond motifs is 2. The van der Waals surface area contributed by atoms with Crippen molar-refractivity contribution in [3.8, 4) is 5.75 Å². The quantitative estimate of drug-likeness (QED) is 0.675. The number of nitrogens with zero attached hydrogens (tertiary/aromatic N) is 3. The fraction of sp³-hybridized carbons (Fsp3) is 0.409. The van der Waals surface area contributed by atoms with E-state index in [-0.39, 0.29) is 11.3 Å². The summed E-state index contributed by atoms with van der Waals surface area (Å²) >= 11 is 0. The number of rotatable bonds is 6. The van der Waals surface area contributed by atoms with Crippen molar-refractivity contribution in [1.82, 2.24) is 14.4 Å². The second-order valence-electron chi connectivity index (χ2n) is 8.21. The number of halogens is 1. The number of aromatic nitrogens is 3. The number of hydrogen-bond donors (Lipinski definition) is 1. The highest BCUT2D eigenvalue weighted by atomic mass is 19.1. The van der Waals surface area contributed by atoms with Crippen LogP contribution in [0.1, 0.15) is 41.5 Å². The van der Waals surface area contributed by atoms with Gasteiger partial charge in [0.1, 0.15) is 23.9 Å². The van der Waals surface area contributed by atoms with Crippen LogP contribution in [0.25, 0.3) is 5.65 Å². The van der Waals surface area contributed by atoms with Crippen molar-refractivity contribution in [2.24, 2.45) is 0 Å². The van der Waals surface area contributed by atoms with Crippen LogP contribution in [0, 0.1) is 0 Å². The number of aryl methyl sites for hydroxylation is 1. The van der Waals surface area contributed by atoms with Crippen LogP contribution >= 0.6 is 0 Å². The highest BCUT2D eigenvalue weighted by molar-refractivity contribution is 6.05. The van der Waals surface area contributed by atoms with Gasteiger partial charge in [0.05, 0.1) is 30.6 Å². The van der Waals surface area contributed by atoms with Gasteiger partial charge in [0.25, 0.3) is 5.91 Å². The lowest BCUT2D eigenvalue weighted by Crippen LogP contribution is -2.48. The SMILES string of the molecule is CCc1cccc(NC(=O)c2cn3cc(C45COC(CF)(C4)C5)nc3cc2OC)n1. The summed E-state index contributed by atoms with van der Waals surface area (Å²) in [7, 11) is 1.52. The molecule has 7 nitrogen and oxygen atoms in total. The predicted molar refractivity (Wildman–Crippen MR) is 109 cm³/mol. The number of imidazole rings is 1. The van der Waals surface area contributed by atoms with Gasteiger partial charge in [0.15, 0.2) is 0 Å². The summed E-state index contributed by atoms with van der Waals surface area (Å²) in [6.07, 6.45) is 5.68. The molecule has 0 atom stereocenters. The van der Waals surface area contributed by atoms with E-state index in [0.29, 0.717) is 42.2 Å². The van der Waals surface area contributed by atoms with Gasteiger partial charge in [-0.15, -0.1) is 0 Å². The lowest BCUT2D eigenvalue weighted by Gasteiger charge is -2.41. The number of nitrogens with one attached hydrogen (secondary N) is 1. The third kappa shape index (κ3) is 2.86. The van der Waals surface area contributed by atoms with E-state index >= 15 is 0 Å². The molecule has 2 saturated heterocycles. The summed E-state index contributed by atoms with van der Waals surface area (Å²) in [6.45, 7) is 2.02. The highest BCUT2D eigenvalue weighted by Gasteiger charge is 2.64. The molecule has 3 fully saturated rings. The van der Waals surface area contributed by atoms with Crippen LogP contribution in [0.2, 0.25) is 0 Å². The van der Waals surface area contributed by atoms with E-state index in [9.17, 15) is 9.18 Å². The largest absolute Gasteiger partial charge is 0.496 e. The van der Waals surface area contributed by atoms with Gasteiger partial charge in [-0.2, -0.15) is 0 Å². The molecule has 5 heterocycles. The van der Waals surface area contributed by atoms with E-state index < -0.39 is 12.3 Å². The Labute approximate surface area is 173 Å². The molecular weight excluding hydrogens is 387 g/mol. The molecule has 3 aliphatic rings. The van der Waals surface area contributed by atoms with Gasteiger partial charge in [-0.1, -0.05) is 13.0 Å². The number of methoxy groups -OCH3 is 1. The molecule has 1 saturated carbocycles. The van der Waals surface area contributed by atoms with Crippen molar-refractivity contribution < 1.29 is 18.7 Å². The predicted octanol–water partition coefficient (Wildman–Crippen LogP) is 3.32. The van der Waals surface area contributed by atoms with E-state index in [0.717, 1.165) is 17.8 Å².